The minimum absolute atomic E-state index is 1.01. The molecule has 4 heterocycles. The molecule has 0 atom stereocenters. The minimum atomic E-state index is 1.01. The smallest absolute Gasteiger partial charge is 0.0888 e. The molecule has 0 amide bonds. The number of benzene rings is 2. The normalized spacial score (nSPS) is 14.4. The number of thiophene rings is 2. The minimum Gasteiger partial charge on any atom is -0.353 e. The fourth-order valence-corrected chi connectivity index (χ4v) is 5.57. The summed E-state index contributed by atoms with van der Waals surface area (Å²) in [6.07, 6.45) is 2.20. The lowest BCUT2D eigenvalue weighted by Gasteiger charge is -2.00. The van der Waals surface area contributed by atoms with Crippen LogP contribution >= 0.6 is 22.7 Å². The third kappa shape index (κ3) is 2.80. The van der Waals surface area contributed by atoms with Crippen molar-refractivity contribution in [2.45, 2.75) is 6.92 Å². The molecule has 3 aromatic heterocycles. The first-order valence-corrected chi connectivity index (χ1v) is 11.6. The Labute approximate surface area is 182 Å². The van der Waals surface area contributed by atoms with Gasteiger partial charge in [0, 0.05) is 27.6 Å². The third-order valence-electron chi connectivity index (χ3n) is 5.49. The molecule has 6 rings (SSSR count). The maximum absolute atomic E-state index is 5.06. The van der Waals surface area contributed by atoms with Crippen LogP contribution in [0.4, 0.5) is 0 Å². The highest BCUT2D eigenvalue weighted by molar-refractivity contribution is 7.13. The summed E-state index contributed by atoms with van der Waals surface area (Å²) in [6, 6.07) is 23.7. The molecule has 144 valence electrons. The number of nitrogens with zero attached hydrogens (tertiary/aromatic N) is 1. The first-order valence-electron chi connectivity index (χ1n) is 9.88. The number of aromatic amines is 1. The van der Waals surface area contributed by atoms with Gasteiger partial charge in [-0.3, -0.25) is 0 Å². The van der Waals surface area contributed by atoms with Gasteiger partial charge in [0.1, 0.15) is 0 Å². The van der Waals surface area contributed by atoms with E-state index in [2.05, 4.69) is 95.5 Å². The Morgan fingerprint density at radius 3 is 2.33 bits per heavy atom. The second kappa shape index (κ2) is 6.94. The quantitative estimate of drug-likeness (QED) is 0.310. The van der Waals surface area contributed by atoms with E-state index in [1.54, 1.807) is 22.7 Å². The summed E-state index contributed by atoms with van der Waals surface area (Å²) in [5.74, 6) is 0. The summed E-state index contributed by atoms with van der Waals surface area (Å²) in [5.41, 5.74) is 8.03. The Morgan fingerprint density at radius 2 is 1.57 bits per heavy atom. The SMILES string of the molecule is Cc1ccc2c(C=C3N=C(c4cccs4)c4ccccc43)[nH]c(-c3cccs3)c2c1. The highest BCUT2D eigenvalue weighted by Gasteiger charge is 2.22. The summed E-state index contributed by atoms with van der Waals surface area (Å²) in [5, 5.41) is 6.73. The number of aliphatic imine (C=N–C) groups is 1. The van der Waals surface area contributed by atoms with E-state index < -0.39 is 0 Å². The number of nitrogens with one attached hydrogen (secondary N) is 1. The fraction of sp³-hybridized carbons (Fsp3) is 0.0385. The predicted molar refractivity (Wildman–Crippen MR) is 131 cm³/mol. The Hall–Kier alpha value is -3.21. The second-order valence-corrected chi connectivity index (χ2v) is 9.35. The molecule has 30 heavy (non-hydrogen) atoms. The van der Waals surface area contributed by atoms with Crippen molar-refractivity contribution >= 4 is 50.9 Å². The van der Waals surface area contributed by atoms with Crippen LogP contribution in [-0.2, 0) is 0 Å². The number of hydrogen-bond donors (Lipinski definition) is 1. The van der Waals surface area contributed by atoms with Crippen molar-refractivity contribution in [3.05, 3.63) is 105 Å². The molecular formula is C26H18N2S2. The van der Waals surface area contributed by atoms with Crippen molar-refractivity contribution in [2.75, 3.05) is 0 Å². The van der Waals surface area contributed by atoms with E-state index in [1.165, 1.54) is 42.9 Å². The second-order valence-electron chi connectivity index (χ2n) is 7.45. The predicted octanol–water partition coefficient (Wildman–Crippen LogP) is 7.62. The van der Waals surface area contributed by atoms with Crippen molar-refractivity contribution < 1.29 is 0 Å². The molecule has 0 saturated heterocycles. The molecule has 0 spiro atoms. The van der Waals surface area contributed by atoms with E-state index in [0.717, 1.165) is 17.1 Å². The standard InChI is InChI=1S/C26H18N2S2/c1-16-10-11-18-20(14-16)26(24-9-5-13-30-24)28-22(18)15-21-17-6-2-3-7-19(17)25(27-21)23-8-4-12-29-23/h2-15,28H,1H3. The van der Waals surface area contributed by atoms with Gasteiger partial charge in [0.15, 0.2) is 0 Å². The molecule has 0 saturated carbocycles. The molecule has 2 nitrogen and oxygen atoms in total. The molecule has 0 unspecified atom stereocenters. The van der Waals surface area contributed by atoms with Crippen LogP contribution in [0.1, 0.15) is 27.3 Å². The molecule has 1 aliphatic heterocycles. The number of aromatic nitrogens is 1. The fourth-order valence-electron chi connectivity index (χ4n) is 4.10. The van der Waals surface area contributed by atoms with E-state index in [0.29, 0.717) is 0 Å². The van der Waals surface area contributed by atoms with E-state index in [9.17, 15) is 0 Å². The van der Waals surface area contributed by atoms with Gasteiger partial charge < -0.3 is 4.98 Å². The summed E-state index contributed by atoms with van der Waals surface area (Å²) < 4.78 is 0. The van der Waals surface area contributed by atoms with Gasteiger partial charge in [0.2, 0.25) is 0 Å². The van der Waals surface area contributed by atoms with Gasteiger partial charge in [-0.1, -0.05) is 54.1 Å². The average molecular weight is 423 g/mol. The van der Waals surface area contributed by atoms with Crippen molar-refractivity contribution in [3.8, 4) is 10.6 Å². The zero-order valence-corrected chi connectivity index (χ0v) is 18.0. The lowest BCUT2D eigenvalue weighted by Crippen LogP contribution is -1.96. The van der Waals surface area contributed by atoms with Gasteiger partial charge in [0.05, 0.1) is 26.9 Å². The third-order valence-corrected chi connectivity index (χ3v) is 7.25. The lowest BCUT2D eigenvalue weighted by molar-refractivity contribution is 1.39. The summed E-state index contributed by atoms with van der Waals surface area (Å²) in [4.78, 5) is 11.2. The Kier molecular flexibility index (Phi) is 4.08. The van der Waals surface area contributed by atoms with Gasteiger partial charge in [-0.05, 0) is 42.0 Å². The Balaban J connectivity index is 1.57. The van der Waals surface area contributed by atoms with Gasteiger partial charge in [-0.2, -0.15) is 0 Å². The van der Waals surface area contributed by atoms with Gasteiger partial charge in [-0.25, -0.2) is 4.99 Å². The van der Waals surface area contributed by atoms with Crippen LogP contribution in [0.3, 0.4) is 0 Å². The highest BCUT2D eigenvalue weighted by atomic mass is 32.1. The summed E-state index contributed by atoms with van der Waals surface area (Å²) >= 11 is 3.50. The van der Waals surface area contributed by atoms with Gasteiger partial charge in [0.25, 0.3) is 0 Å². The maximum atomic E-state index is 5.06. The van der Waals surface area contributed by atoms with Crippen molar-refractivity contribution in [2.24, 2.45) is 4.99 Å². The molecule has 0 aliphatic carbocycles. The van der Waals surface area contributed by atoms with Crippen LogP contribution < -0.4 is 0 Å². The number of rotatable bonds is 3. The van der Waals surface area contributed by atoms with Crippen LogP contribution in [0.25, 0.3) is 33.1 Å². The van der Waals surface area contributed by atoms with Gasteiger partial charge >= 0.3 is 0 Å². The molecular weight excluding hydrogens is 404 g/mol. The molecule has 1 aliphatic rings. The first-order chi connectivity index (χ1) is 14.8. The molecule has 5 aromatic rings. The number of hydrogen-bond acceptors (Lipinski definition) is 3. The van der Waals surface area contributed by atoms with Crippen LogP contribution in [0.5, 0.6) is 0 Å². The van der Waals surface area contributed by atoms with Crippen LogP contribution in [-0.4, -0.2) is 10.7 Å². The Bertz CT molecular complexity index is 1430. The van der Waals surface area contributed by atoms with E-state index in [-0.39, 0.29) is 0 Å². The van der Waals surface area contributed by atoms with Gasteiger partial charge in [-0.15, -0.1) is 22.7 Å². The van der Waals surface area contributed by atoms with Crippen LogP contribution in [0.2, 0.25) is 0 Å². The van der Waals surface area contributed by atoms with Crippen molar-refractivity contribution in [1.29, 1.82) is 0 Å². The summed E-state index contributed by atoms with van der Waals surface area (Å²) in [7, 11) is 0. The molecule has 4 heteroatoms. The zero-order valence-electron chi connectivity index (χ0n) is 16.3. The highest BCUT2D eigenvalue weighted by Crippen LogP contribution is 2.38. The summed E-state index contributed by atoms with van der Waals surface area (Å²) in [6.45, 7) is 2.15. The van der Waals surface area contributed by atoms with E-state index >= 15 is 0 Å². The van der Waals surface area contributed by atoms with Crippen molar-refractivity contribution in [1.82, 2.24) is 4.98 Å². The average Bonchev–Trinajstić information content (AvgIpc) is 3.55. The molecule has 0 radical (unpaired) electrons. The van der Waals surface area contributed by atoms with E-state index in [4.69, 9.17) is 4.99 Å². The Morgan fingerprint density at radius 1 is 0.800 bits per heavy atom. The van der Waals surface area contributed by atoms with Crippen LogP contribution in [0.15, 0.2) is 82.5 Å². The molecule has 0 fully saturated rings. The number of fused-ring (bicyclic) bond motifs is 2. The molecule has 2 aromatic carbocycles. The van der Waals surface area contributed by atoms with Crippen molar-refractivity contribution in [3.63, 3.8) is 0 Å². The lowest BCUT2D eigenvalue weighted by atomic mass is 10.0. The van der Waals surface area contributed by atoms with E-state index in [1.807, 2.05) is 0 Å². The largest absolute Gasteiger partial charge is 0.353 e. The monoisotopic (exact) mass is 422 g/mol. The van der Waals surface area contributed by atoms with Crippen LogP contribution in [0, 0.1) is 6.92 Å². The topological polar surface area (TPSA) is 28.1 Å². The number of H-pyrrole nitrogens is 1. The number of aryl methyl sites for hydroxylation is 1. The molecule has 0 bridgehead atoms. The molecule has 1 N–H and O–H groups in total. The first kappa shape index (κ1) is 17.6. The maximum Gasteiger partial charge on any atom is 0.0888 e. The zero-order chi connectivity index (χ0) is 20.1.